The van der Waals surface area contributed by atoms with E-state index in [0.717, 1.165) is 12.3 Å². The van der Waals surface area contributed by atoms with Gasteiger partial charge in [-0.3, -0.25) is 0 Å². The van der Waals surface area contributed by atoms with E-state index in [2.05, 4.69) is 32.0 Å². The third-order valence-electron chi connectivity index (χ3n) is 1.42. The van der Waals surface area contributed by atoms with Crippen LogP contribution in [0, 0.1) is 12.0 Å². The molecule has 1 aromatic rings. The van der Waals surface area contributed by atoms with Crippen LogP contribution in [0.4, 0.5) is 0 Å². The summed E-state index contributed by atoms with van der Waals surface area (Å²) in [5, 5.41) is 0. The molecule has 55 valence electrons. The van der Waals surface area contributed by atoms with Gasteiger partial charge >= 0.3 is 29.6 Å². The molecule has 0 N–H and O–H groups in total. The van der Waals surface area contributed by atoms with E-state index in [1.165, 1.54) is 5.56 Å². The van der Waals surface area contributed by atoms with Crippen molar-refractivity contribution < 1.29 is 0 Å². The summed E-state index contributed by atoms with van der Waals surface area (Å²) in [6.45, 7) is 4.46. The summed E-state index contributed by atoms with van der Waals surface area (Å²) >= 11 is 0. The molecule has 0 unspecified atom stereocenters. The van der Waals surface area contributed by atoms with Gasteiger partial charge in [0, 0.05) is 0 Å². The number of hydrogen-bond donors (Lipinski definition) is 0. The van der Waals surface area contributed by atoms with Crippen molar-refractivity contribution in [3.05, 3.63) is 35.9 Å². The topological polar surface area (TPSA) is 0 Å². The summed E-state index contributed by atoms with van der Waals surface area (Å²) in [5.74, 6) is 0.746. The van der Waals surface area contributed by atoms with Gasteiger partial charge in [0.25, 0.3) is 0 Å². The van der Waals surface area contributed by atoms with Crippen LogP contribution >= 0.6 is 0 Å². The van der Waals surface area contributed by atoms with Crippen molar-refractivity contribution in [1.82, 2.24) is 0 Å². The maximum atomic E-state index is 3.07. The first-order chi connectivity index (χ1) is 4.79. The Morgan fingerprint density at radius 3 is 2.64 bits per heavy atom. The molecule has 0 nitrogen and oxygen atoms in total. The van der Waals surface area contributed by atoms with Crippen LogP contribution in [-0.2, 0) is 6.42 Å². The molecule has 0 heterocycles. The number of hydrogen-bond acceptors (Lipinski definition) is 0. The van der Waals surface area contributed by atoms with Crippen molar-refractivity contribution in [2.24, 2.45) is 5.92 Å². The molecule has 1 aromatic carbocycles. The Morgan fingerprint density at radius 2 is 2.18 bits per heavy atom. The van der Waals surface area contributed by atoms with Crippen LogP contribution in [-0.4, -0.2) is 29.6 Å². The quantitative estimate of drug-likeness (QED) is 0.576. The summed E-state index contributed by atoms with van der Waals surface area (Å²) in [6, 6.07) is 11.2. The summed E-state index contributed by atoms with van der Waals surface area (Å²) in [6.07, 6.45) is 1.16. The van der Waals surface area contributed by atoms with Gasteiger partial charge in [-0.15, -0.1) is 0 Å². The molecular weight excluding hydrogens is 143 g/mol. The molecule has 0 atom stereocenters. The van der Waals surface area contributed by atoms with Gasteiger partial charge in [0.2, 0.25) is 0 Å². The fourth-order valence-corrected chi connectivity index (χ4v) is 1.03. The summed E-state index contributed by atoms with van der Waals surface area (Å²) in [7, 11) is 0. The van der Waals surface area contributed by atoms with Gasteiger partial charge < -0.3 is 0 Å². The first-order valence-electron chi connectivity index (χ1n) is 3.74. The SMILES string of the molecule is CC(C)Cc1c[c]ccc1.[NaH]. The molecule has 1 rings (SSSR count). The molecule has 0 aliphatic heterocycles. The molecule has 1 heteroatoms. The number of rotatable bonds is 2. The average Bonchev–Trinajstić information content (AvgIpc) is 1.88. The third kappa shape index (κ3) is 4.62. The molecule has 11 heavy (non-hydrogen) atoms. The van der Waals surface area contributed by atoms with Crippen LogP contribution in [0.3, 0.4) is 0 Å². The van der Waals surface area contributed by atoms with Crippen molar-refractivity contribution >= 4 is 29.6 Å². The van der Waals surface area contributed by atoms with Gasteiger partial charge in [0.15, 0.2) is 0 Å². The van der Waals surface area contributed by atoms with Gasteiger partial charge in [-0.25, -0.2) is 0 Å². The summed E-state index contributed by atoms with van der Waals surface area (Å²) in [4.78, 5) is 0. The number of benzene rings is 1. The zero-order chi connectivity index (χ0) is 7.40. The molecule has 0 spiro atoms. The van der Waals surface area contributed by atoms with Crippen molar-refractivity contribution in [3.63, 3.8) is 0 Å². The molecule has 0 aliphatic carbocycles. The van der Waals surface area contributed by atoms with Crippen molar-refractivity contribution in [1.29, 1.82) is 0 Å². The second-order valence-corrected chi connectivity index (χ2v) is 3.01. The van der Waals surface area contributed by atoms with Crippen LogP contribution in [0.5, 0.6) is 0 Å². The van der Waals surface area contributed by atoms with E-state index in [4.69, 9.17) is 0 Å². The van der Waals surface area contributed by atoms with Crippen molar-refractivity contribution in [2.45, 2.75) is 20.3 Å². The molecule has 0 aromatic heterocycles. The summed E-state index contributed by atoms with van der Waals surface area (Å²) in [5.41, 5.74) is 1.39. The van der Waals surface area contributed by atoms with Crippen LogP contribution in [0.2, 0.25) is 0 Å². The predicted octanol–water partition coefficient (Wildman–Crippen LogP) is 2.04. The van der Waals surface area contributed by atoms with E-state index in [1.54, 1.807) is 0 Å². The van der Waals surface area contributed by atoms with Gasteiger partial charge in [0.05, 0.1) is 0 Å². The first kappa shape index (κ1) is 11.2. The Hall–Kier alpha value is 0.220. The second-order valence-electron chi connectivity index (χ2n) is 3.01. The Kier molecular flexibility index (Phi) is 5.93. The minimum atomic E-state index is 0. The predicted molar refractivity (Wildman–Crippen MR) is 51.0 cm³/mol. The Bertz CT molecular complexity index is 179. The Balaban J connectivity index is 0.000001000. The molecular formula is C10H14Na. The second kappa shape index (κ2) is 5.82. The molecule has 0 saturated heterocycles. The van der Waals surface area contributed by atoms with Gasteiger partial charge in [-0.1, -0.05) is 38.1 Å². The van der Waals surface area contributed by atoms with Crippen molar-refractivity contribution in [3.8, 4) is 0 Å². The first-order valence-corrected chi connectivity index (χ1v) is 3.74. The molecule has 0 bridgehead atoms. The van der Waals surface area contributed by atoms with Gasteiger partial charge in [0.1, 0.15) is 0 Å². The Labute approximate surface area is 91.3 Å². The average molecular weight is 157 g/mol. The van der Waals surface area contributed by atoms with Crippen LogP contribution < -0.4 is 0 Å². The molecule has 0 saturated carbocycles. The summed E-state index contributed by atoms with van der Waals surface area (Å²) < 4.78 is 0. The van der Waals surface area contributed by atoms with Gasteiger partial charge in [-0.05, 0) is 24.0 Å². The van der Waals surface area contributed by atoms with E-state index < -0.39 is 0 Å². The zero-order valence-electron chi connectivity index (χ0n) is 6.59. The van der Waals surface area contributed by atoms with Crippen LogP contribution in [0.15, 0.2) is 24.3 Å². The van der Waals surface area contributed by atoms with Crippen molar-refractivity contribution in [2.75, 3.05) is 0 Å². The van der Waals surface area contributed by atoms with E-state index >= 15 is 0 Å². The molecule has 0 fully saturated rings. The fraction of sp³-hybridized carbons (Fsp3) is 0.400. The normalized spacial score (nSPS) is 9.36. The van der Waals surface area contributed by atoms with Crippen LogP contribution in [0.1, 0.15) is 19.4 Å². The van der Waals surface area contributed by atoms with E-state index in [9.17, 15) is 0 Å². The maximum absolute atomic E-state index is 3.07. The van der Waals surface area contributed by atoms with E-state index in [-0.39, 0.29) is 29.6 Å². The zero-order valence-corrected chi connectivity index (χ0v) is 6.59. The third-order valence-corrected chi connectivity index (χ3v) is 1.42. The fourth-order valence-electron chi connectivity index (χ4n) is 1.03. The van der Waals surface area contributed by atoms with Gasteiger partial charge in [-0.2, -0.15) is 0 Å². The molecule has 1 radical (unpaired) electrons. The standard InChI is InChI=1S/C10H13.Na.H/c1-9(2)8-10-6-4-3-5-7-10;;/h3-4,6-7,9H,8H2,1-2H3;;. The van der Waals surface area contributed by atoms with Crippen LogP contribution in [0.25, 0.3) is 0 Å². The molecule has 0 aliphatic rings. The Morgan fingerprint density at radius 1 is 1.45 bits per heavy atom. The van der Waals surface area contributed by atoms with E-state index in [0.29, 0.717) is 0 Å². The minimum absolute atomic E-state index is 0. The molecule has 0 amide bonds. The monoisotopic (exact) mass is 157 g/mol. The van der Waals surface area contributed by atoms with E-state index in [1.807, 2.05) is 12.1 Å².